The van der Waals surface area contributed by atoms with E-state index in [-0.39, 0.29) is 17.1 Å². The Morgan fingerprint density at radius 2 is 1.95 bits per heavy atom. The molecule has 2 amide bonds. The molecule has 0 spiro atoms. The molecule has 1 aromatic carbocycles. The van der Waals surface area contributed by atoms with E-state index in [1.54, 1.807) is 0 Å². The number of hydrogen-bond donors (Lipinski definition) is 3. The highest BCUT2D eigenvalue weighted by atomic mass is 32.2. The highest BCUT2D eigenvalue weighted by Crippen LogP contribution is 2.19. The molecule has 7 nitrogen and oxygen atoms in total. The molecule has 0 aliphatic carbocycles. The third kappa shape index (κ3) is 4.59. The minimum absolute atomic E-state index is 0.125. The van der Waals surface area contributed by atoms with Crippen molar-refractivity contribution in [3.8, 4) is 0 Å². The predicted octanol–water partition coefficient (Wildman–Crippen LogP) is -0.757. The Hall–Kier alpha value is -2.00. The number of nitrogens with two attached hydrogens (primary N) is 1. The van der Waals surface area contributed by atoms with Crippen LogP contribution >= 0.6 is 0 Å². The molecule has 0 aliphatic heterocycles. The van der Waals surface area contributed by atoms with Gasteiger partial charge in [-0.2, -0.15) is 0 Å². The first-order valence-electron chi connectivity index (χ1n) is 5.50. The fourth-order valence-corrected chi connectivity index (χ4v) is 1.92. The first kappa shape index (κ1) is 16.1. The maximum Gasteiger partial charge on any atom is 0.243 e. The second-order valence-electron chi connectivity index (χ2n) is 3.94. The molecule has 1 aromatic rings. The van der Waals surface area contributed by atoms with Crippen molar-refractivity contribution in [2.45, 2.75) is 4.90 Å². The zero-order chi connectivity index (χ0) is 15.3. The van der Waals surface area contributed by atoms with Crippen LogP contribution in [0.2, 0.25) is 0 Å². The molecule has 0 aliphatic rings. The van der Waals surface area contributed by atoms with Crippen LogP contribution in [0.5, 0.6) is 0 Å². The number of rotatable bonds is 5. The molecule has 0 aromatic heterocycles. The number of hydrogen-bond acceptors (Lipinski definition) is 5. The van der Waals surface area contributed by atoms with Gasteiger partial charge in [0.05, 0.1) is 23.7 Å². The smallest absolute Gasteiger partial charge is 0.243 e. The van der Waals surface area contributed by atoms with Gasteiger partial charge in [0.2, 0.25) is 11.8 Å². The topological polar surface area (TPSA) is 118 Å². The predicted molar refractivity (Wildman–Crippen MR) is 70.2 cm³/mol. The largest absolute Gasteiger partial charge is 0.346 e. The third-order valence-electron chi connectivity index (χ3n) is 2.27. The standard InChI is InChI=1S/C11H14FN3O4S/c1-20(18,19)7-2-3-8(12)9(4-7)15-11(17)6-14-10(16)5-13/h2-4H,5-6,13H2,1H3,(H,14,16)(H,15,17). The zero-order valence-corrected chi connectivity index (χ0v) is 11.5. The van der Waals surface area contributed by atoms with Crippen LogP contribution in [-0.2, 0) is 19.4 Å². The van der Waals surface area contributed by atoms with Crippen LogP contribution in [0, 0.1) is 5.82 Å². The van der Waals surface area contributed by atoms with Crippen molar-refractivity contribution in [3.63, 3.8) is 0 Å². The molecule has 9 heteroatoms. The van der Waals surface area contributed by atoms with Gasteiger partial charge in [-0.25, -0.2) is 12.8 Å². The summed E-state index contributed by atoms with van der Waals surface area (Å²) in [6.07, 6.45) is 0.966. The summed E-state index contributed by atoms with van der Waals surface area (Å²) in [6.45, 7) is -0.663. The van der Waals surface area contributed by atoms with E-state index in [9.17, 15) is 22.4 Å². The van der Waals surface area contributed by atoms with Crippen molar-refractivity contribution in [2.24, 2.45) is 5.73 Å². The summed E-state index contributed by atoms with van der Waals surface area (Å²) in [5, 5.41) is 4.37. The lowest BCUT2D eigenvalue weighted by molar-refractivity contribution is -0.123. The second-order valence-corrected chi connectivity index (χ2v) is 5.96. The normalized spacial score (nSPS) is 10.9. The first-order chi connectivity index (χ1) is 9.24. The van der Waals surface area contributed by atoms with Crippen molar-refractivity contribution >= 4 is 27.3 Å². The van der Waals surface area contributed by atoms with Gasteiger partial charge in [-0.05, 0) is 18.2 Å². The maximum absolute atomic E-state index is 13.5. The molecule has 20 heavy (non-hydrogen) atoms. The van der Waals surface area contributed by atoms with E-state index >= 15 is 0 Å². The van der Waals surface area contributed by atoms with Gasteiger partial charge in [-0.15, -0.1) is 0 Å². The Kier molecular flexibility index (Phi) is 5.17. The quantitative estimate of drug-likeness (QED) is 0.618. The van der Waals surface area contributed by atoms with Crippen molar-refractivity contribution in [3.05, 3.63) is 24.0 Å². The number of sulfone groups is 1. The Bertz CT molecular complexity index is 631. The van der Waals surface area contributed by atoms with Gasteiger partial charge in [-0.3, -0.25) is 9.59 Å². The van der Waals surface area contributed by atoms with Gasteiger partial charge >= 0.3 is 0 Å². The van der Waals surface area contributed by atoms with E-state index in [1.165, 1.54) is 0 Å². The Labute approximate surface area is 115 Å². The molecule has 0 unspecified atom stereocenters. The lowest BCUT2D eigenvalue weighted by Gasteiger charge is -2.08. The molecule has 0 radical (unpaired) electrons. The van der Waals surface area contributed by atoms with Crippen LogP contribution in [0.1, 0.15) is 0 Å². The van der Waals surface area contributed by atoms with Crippen LogP contribution in [0.4, 0.5) is 10.1 Å². The number of carbonyl (C=O) groups is 2. The molecule has 0 fully saturated rings. The SMILES string of the molecule is CS(=O)(=O)c1ccc(F)c(NC(=O)CNC(=O)CN)c1. The lowest BCUT2D eigenvalue weighted by Crippen LogP contribution is -2.36. The van der Waals surface area contributed by atoms with Gasteiger partial charge in [0.1, 0.15) is 5.82 Å². The highest BCUT2D eigenvalue weighted by molar-refractivity contribution is 7.90. The second kappa shape index (κ2) is 6.44. The summed E-state index contributed by atoms with van der Waals surface area (Å²) in [5.41, 5.74) is 4.75. The lowest BCUT2D eigenvalue weighted by atomic mass is 10.3. The van der Waals surface area contributed by atoms with Gasteiger partial charge < -0.3 is 16.4 Å². The minimum atomic E-state index is -3.51. The van der Waals surface area contributed by atoms with E-state index in [4.69, 9.17) is 5.73 Å². The summed E-state index contributed by atoms with van der Waals surface area (Å²) in [7, 11) is -3.51. The van der Waals surface area contributed by atoms with Crippen molar-refractivity contribution in [1.82, 2.24) is 5.32 Å². The van der Waals surface area contributed by atoms with Crippen molar-refractivity contribution < 1.29 is 22.4 Å². The van der Waals surface area contributed by atoms with Crippen LogP contribution < -0.4 is 16.4 Å². The van der Waals surface area contributed by atoms with Crippen molar-refractivity contribution in [1.29, 1.82) is 0 Å². The van der Waals surface area contributed by atoms with E-state index in [1.807, 2.05) is 0 Å². The van der Waals surface area contributed by atoms with Crippen LogP contribution in [0.15, 0.2) is 23.1 Å². The number of amides is 2. The molecule has 0 atom stereocenters. The van der Waals surface area contributed by atoms with E-state index in [2.05, 4.69) is 10.6 Å². The molecule has 0 saturated heterocycles. The maximum atomic E-state index is 13.5. The molecule has 110 valence electrons. The Balaban J connectivity index is 2.82. The minimum Gasteiger partial charge on any atom is -0.346 e. The van der Waals surface area contributed by atoms with Crippen molar-refractivity contribution in [2.75, 3.05) is 24.7 Å². The molecule has 0 saturated carbocycles. The Morgan fingerprint density at radius 3 is 2.50 bits per heavy atom. The fraction of sp³-hybridized carbons (Fsp3) is 0.273. The summed E-state index contributed by atoms with van der Waals surface area (Å²) >= 11 is 0. The van der Waals surface area contributed by atoms with Crippen LogP contribution in [-0.4, -0.2) is 39.6 Å². The van der Waals surface area contributed by atoms with Gasteiger partial charge in [0.25, 0.3) is 0 Å². The molecule has 0 bridgehead atoms. The number of carbonyl (C=O) groups excluding carboxylic acids is 2. The number of anilines is 1. The molecule has 1 rings (SSSR count). The van der Waals surface area contributed by atoms with E-state index in [0.29, 0.717) is 0 Å². The van der Waals surface area contributed by atoms with E-state index in [0.717, 1.165) is 24.5 Å². The average molecular weight is 303 g/mol. The van der Waals surface area contributed by atoms with Gasteiger partial charge in [0, 0.05) is 6.26 Å². The molecular weight excluding hydrogens is 289 g/mol. The summed E-state index contributed by atoms with van der Waals surface area (Å²) in [6, 6.07) is 3.04. The third-order valence-corrected chi connectivity index (χ3v) is 3.38. The monoisotopic (exact) mass is 303 g/mol. The van der Waals surface area contributed by atoms with Crippen LogP contribution in [0.25, 0.3) is 0 Å². The number of benzene rings is 1. The average Bonchev–Trinajstić information content (AvgIpc) is 2.37. The van der Waals surface area contributed by atoms with E-state index < -0.39 is 34.0 Å². The van der Waals surface area contributed by atoms with Crippen LogP contribution in [0.3, 0.4) is 0 Å². The molecule has 4 N–H and O–H groups in total. The summed E-state index contributed by atoms with van der Waals surface area (Å²) in [5.74, 6) is -2.02. The zero-order valence-electron chi connectivity index (χ0n) is 10.6. The fourth-order valence-electron chi connectivity index (χ4n) is 1.28. The van der Waals surface area contributed by atoms with Gasteiger partial charge in [0.15, 0.2) is 9.84 Å². The molecule has 0 heterocycles. The number of nitrogens with one attached hydrogen (secondary N) is 2. The van der Waals surface area contributed by atoms with Gasteiger partial charge in [-0.1, -0.05) is 0 Å². The number of halogens is 1. The summed E-state index contributed by atoms with van der Waals surface area (Å²) < 4.78 is 36.1. The highest BCUT2D eigenvalue weighted by Gasteiger charge is 2.13. The Morgan fingerprint density at radius 1 is 1.30 bits per heavy atom. The summed E-state index contributed by atoms with van der Waals surface area (Å²) in [4.78, 5) is 22.2. The first-order valence-corrected chi connectivity index (χ1v) is 7.39. The molecular formula is C11H14FN3O4S.